The van der Waals surface area contributed by atoms with Crippen LogP contribution in [-0.4, -0.2) is 24.0 Å². The minimum Gasteiger partial charge on any atom is -0.300 e. The van der Waals surface area contributed by atoms with E-state index in [2.05, 4.69) is 60.4 Å². The average molecular weight is 464 g/mol. The van der Waals surface area contributed by atoms with Crippen LogP contribution >= 0.6 is 0 Å². The third-order valence-corrected chi connectivity index (χ3v) is 9.12. The highest BCUT2D eigenvalue weighted by Gasteiger charge is 2.33. The standard InChI is InChI=1S/C32H65N/c1-9-13-15-16-19-26(5)21-28(7)30(17-11-3)25-31(18-12-4)33(8)32-23-27(6)22-29(24-32)20-14-10-2/h26-32H,9-25H2,1-8H3. The number of nitrogens with zero attached hydrogens (tertiary/aromatic N) is 1. The molecule has 0 saturated heterocycles. The molecule has 198 valence electrons. The van der Waals surface area contributed by atoms with Crippen molar-refractivity contribution in [2.24, 2.45) is 29.6 Å². The fraction of sp³-hybridized carbons (Fsp3) is 1.00. The van der Waals surface area contributed by atoms with Crippen molar-refractivity contribution in [1.82, 2.24) is 4.90 Å². The molecule has 0 radical (unpaired) electrons. The Hall–Kier alpha value is -0.0400. The highest BCUT2D eigenvalue weighted by molar-refractivity contribution is 4.87. The molecular weight excluding hydrogens is 398 g/mol. The molecule has 0 N–H and O–H groups in total. The van der Waals surface area contributed by atoms with Crippen molar-refractivity contribution < 1.29 is 0 Å². The van der Waals surface area contributed by atoms with Crippen LogP contribution in [0.15, 0.2) is 0 Å². The topological polar surface area (TPSA) is 3.24 Å². The number of hydrogen-bond acceptors (Lipinski definition) is 1. The number of rotatable bonds is 19. The van der Waals surface area contributed by atoms with Gasteiger partial charge in [-0.3, -0.25) is 0 Å². The van der Waals surface area contributed by atoms with Gasteiger partial charge in [0.1, 0.15) is 0 Å². The van der Waals surface area contributed by atoms with E-state index in [1.54, 1.807) is 0 Å². The van der Waals surface area contributed by atoms with Gasteiger partial charge in [0.25, 0.3) is 0 Å². The van der Waals surface area contributed by atoms with Gasteiger partial charge in [0.05, 0.1) is 0 Å². The SMILES string of the molecule is CCCCCCC(C)CC(C)C(CCC)CC(CCC)N(C)C1CC(C)CC(CCCC)C1. The summed E-state index contributed by atoms with van der Waals surface area (Å²) in [4.78, 5) is 2.89. The van der Waals surface area contributed by atoms with E-state index in [-0.39, 0.29) is 0 Å². The highest BCUT2D eigenvalue weighted by atomic mass is 15.2. The largest absolute Gasteiger partial charge is 0.300 e. The zero-order chi connectivity index (χ0) is 24.6. The highest BCUT2D eigenvalue weighted by Crippen LogP contribution is 2.37. The summed E-state index contributed by atoms with van der Waals surface area (Å²) in [7, 11) is 2.50. The molecule has 1 fully saturated rings. The smallest absolute Gasteiger partial charge is 0.0100 e. The van der Waals surface area contributed by atoms with Crippen LogP contribution < -0.4 is 0 Å². The number of hydrogen-bond donors (Lipinski definition) is 0. The van der Waals surface area contributed by atoms with Crippen molar-refractivity contribution in [3.8, 4) is 0 Å². The molecule has 0 bridgehead atoms. The van der Waals surface area contributed by atoms with Crippen molar-refractivity contribution in [3.05, 3.63) is 0 Å². The molecule has 0 amide bonds. The maximum Gasteiger partial charge on any atom is 0.0100 e. The van der Waals surface area contributed by atoms with Crippen LogP contribution in [0.1, 0.15) is 158 Å². The Labute approximate surface area is 211 Å². The van der Waals surface area contributed by atoms with Crippen molar-refractivity contribution in [2.45, 2.75) is 170 Å². The molecule has 1 heteroatoms. The Balaban J connectivity index is 2.73. The van der Waals surface area contributed by atoms with E-state index in [1.807, 2.05) is 0 Å². The van der Waals surface area contributed by atoms with E-state index >= 15 is 0 Å². The summed E-state index contributed by atoms with van der Waals surface area (Å²) in [5, 5.41) is 0. The molecular formula is C32H65N. The summed E-state index contributed by atoms with van der Waals surface area (Å²) in [5.74, 6) is 4.57. The fourth-order valence-corrected chi connectivity index (χ4v) is 7.11. The van der Waals surface area contributed by atoms with E-state index in [1.165, 1.54) is 109 Å². The van der Waals surface area contributed by atoms with E-state index in [9.17, 15) is 0 Å². The second-order valence-corrected chi connectivity index (χ2v) is 12.5. The second-order valence-electron chi connectivity index (χ2n) is 12.5. The molecule has 0 aromatic heterocycles. The summed E-state index contributed by atoms with van der Waals surface area (Å²) >= 11 is 0. The fourth-order valence-electron chi connectivity index (χ4n) is 7.11. The van der Waals surface area contributed by atoms with E-state index in [4.69, 9.17) is 0 Å². The molecule has 1 rings (SSSR count). The van der Waals surface area contributed by atoms with Crippen molar-refractivity contribution >= 4 is 0 Å². The van der Waals surface area contributed by atoms with E-state index < -0.39 is 0 Å². The first-order valence-corrected chi connectivity index (χ1v) is 15.6. The molecule has 0 spiro atoms. The van der Waals surface area contributed by atoms with E-state index in [0.717, 1.165) is 41.7 Å². The first kappa shape index (κ1) is 31.0. The monoisotopic (exact) mass is 464 g/mol. The second kappa shape index (κ2) is 18.3. The third-order valence-electron chi connectivity index (χ3n) is 9.12. The average Bonchev–Trinajstić information content (AvgIpc) is 2.78. The lowest BCUT2D eigenvalue weighted by molar-refractivity contribution is 0.0651. The molecule has 33 heavy (non-hydrogen) atoms. The van der Waals surface area contributed by atoms with Gasteiger partial charge >= 0.3 is 0 Å². The van der Waals surface area contributed by atoms with Crippen LogP contribution in [0.5, 0.6) is 0 Å². The zero-order valence-electron chi connectivity index (χ0n) is 24.5. The van der Waals surface area contributed by atoms with Crippen LogP contribution in [0, 0.1) is 29.6 Å². The predicted octanol–water partition coefficient (Wildman–Crippen LogP) is 10.5. The Morgan fingerprint density at radius 1 is 0.727 bits per heavy atom. The summed E-state index contributed by atoms with van der Waals surface area (Å²) in [6.45, 7) is 17.1. The molecule has 1 nitrogen and oxygen atoms in total. The summed E-state index contributed by atoms with van der Waals surface area (Å²) in [6.07, 6.45) is 24.1. The Kier molecular flexibility index (Phi) is 17.1. The lowest BCUT2D eigenvalue weighted by Crippen LogP contribution is -2.45. The molecule has 1 aliphatic carbocycles. The van der Waals surface area contributed by atoms with Gasteiger partial charge < -0.3 is 4.90 Å². The molecule has 7 unspecified atom stereocenters. The minimum atomic E-state index is 0.788. The van der Waals surface area contributed by atoms with Gasteiger partial charge in [-0.25, -0.2) is 0 Å². The molecule has 0 aromatic rings. The molecule has 7 atom stereocenters. The Morgan fingerprint density at radius 2 is 1.42 bits per heavy atom. The lowest BCUT2D eigenvalue weighted by atomic mass is 9.75. The Bertz CT molecular complexity index is 446. The normalized spacial score (nSPS) is 25.2. The van der Waals surface area contributed by atoms with Gasteiger partial charge in [0, 0.05) is 12.1 Å². The first-order chi connectivity index (χ1) is 15.9. The summed E-state index contributed by atoms with van der Waals surface area (Å²) in [5.41, 5.74) is 0. The molecule has 0 heterocycles. The van der Waals surface area contributed by atoms with Crippen LogP contribution in [0.2, 0.25) is 0 Å². The molecule has 0 aliphatic heterocycles. The van der Waals surface area contributed by atoms with Crippen LogP contribution in [-0.2, 0) is 0 Å². The maximum absolute atomic E-state index is 2.89. The van der Waals surface area contributed by atoms with Gasteiger partial charge in [-0.1, -0.05) is 119 Å². The van der Waals surface area contributed by atoms with Crippen molar-refractivity contribution in [2.75, 3.05) is 7.05 Å². The van der Waals surface area contributed by atoms with Gasteiger partial charge in [-0.2, -0.15) is 0 Å². The number of unbranched alkanes of at least 4 members (excludes halogenated alkanes) is 4. The third kappa shape index (κ3) is 12.5. The summed E-state index contributed by atoms with van der Waals surface area (Å²) in [6, 6.07) is 1.61. The van der Waals surface area contributed by atoms with Crippen LogP contribution in [0.4, 0.5) is 0 Å². The summed E-state index contributed by atoms with van der Waals surface area (Å²) < 4.78 is 0. The van der Waals surface area contributed by atoms with Gasteiger partial charge in [-0.15, -0.1) is 0 Å². The van der Waals surface area contributed by atoms with Gasteiger partial charge in [-0.05, 0) is 75.2 Å². The van der Waals surface area contributed by atoms with Gasteiger partial charge in [0.15, 0.2) is 0 Å². The molecule has 0 aromatic carbocycles. The lowest BCUT2D eigenvalue weighted by Gasteiger charge is -2.43. The van der Waals surface area contributed by atoms with Gasteiger partial charge in [0.2, 0.25) is 0 Å². The Morgan fingerprint density at radius 3 is 2.06 bits per heavy atom. The quantitative estimate of drug-likeness (QED) is 0.172. The first-order valence-electron chi connectivity index (χ1n) is 15.6. The predicted molar refractivity (Wildman–Crippen MR) is 151 cm³/mol. The van der Waals surface area contributed by atoms with Crippen molar-refractivity contribution in [1.29, 1.82) is 0 Å². The van der Waals surface area contributed by atoms with Crippen LogP contribution in [0.3, 0.4) is 0 Å². The van der Waals surface area contributed by atoms with Crippen molar-refractivity contribution in [3.63, 3.8) is 0 Å². The minimum absolute atomic E-state index is 0.788. The maximum atomic E-state index is 2.89. The molecule has 1 saturated carbocycles. The molecule has 1 aliphatic rings. The zero-order valence-corrected chi connectivity index (χ0v) is 24.5. The van der Waals surface area contributed by atoms with E-state index in [0.29, 0.717) is 0 Å². The van der Waals surface area contributed by atoms with Crippen LogP contribution in [0.25, 0.3) is 0 Å².